The molecule has 4 rings (SSSR count). The van der Waals surface area contributed by atoms with Crippen LogP contribution in [0, 0.1) is 5.82 Å². The molecule has 0 saturated heterocycles. The molecule has 0 N–H and O–H groups in total. The predicted octanol–water partition coefficient (Wildman–Crippen LogP) is 4.95. The van der Waals surface area contributed by atoms with Gasteiger partial charge in [-0.25, -0.2) is 4.39 Å². The van der Waals surface area contributed by atoms with Crippen molar-refractivity contribution >= 4 is 21.8 Å². The molecular weight excluding hydrogens is 334 g/mol. The maximum absolute atomic E-state index is 13.4. The minimum atomic E-state index is -4.36. The van der Waals surface area contributed by atoms with Gasteiger partial charge >= 0.3 is 6.18 Å². The van der Waals surface area contributed by atoms with Gasteiger partial charge in [0.05, 0.1) is 17.2 Å². The third kappa shape index (κ3) is 2.82. The molecule has 0 amide bonds. The van der Waals surface area contributed by atoms with Crippen molar-refractivity contribution in [1.29, 1.82) is 0 Å². The molecule has 0 saturated carbocycles. The van der Waals surface area contributed by atoms with E-state index in [-0.39, 0.29) is 0 Å². The molecule has 126 valence electrons. The number of alkyl halides is 3. The highest BCUT2D eigenvalue weighted by molar-refractivity contribution is 6.08. The summed E-state index contributed by atoms with van der Waals surface area (Å²) in [5.41, 5.74) is 1.97. The Morgan fingerprint density at radius 1 is 0.840 bits per heavy atom. The van der Waals surface area contributed by atoms with Crippen LogP contribution < -0.4 is 0 Å². The summed E-state index contributed by atoms with van der Waals surface area (Å²) in [5.74, 6) is -0.502. The first kappa shape index (κ1) is 15.6. The van der Waals surface area contributed by atoms with Gasteiger partial charge in [-0.2, -0.15) is 13.2 Å². The number of benzene rings is 1. The zero-order valence-electron chi connectivity index (χ0n) is 12.8. The molecule has 0 aliphatic heterocycles. The van der Waals surface area contributed by atoms with E-state index in [1.54, 1.807) is 30.5 Å². The van der Waals surface area contributed by atoms with Crippen LogP contribution >= 0.6 is 0 Å². The van der Waals surface area contributed by atoms with Crippen LogP contribution in [0.5, 0.6) is 0 Å². The highest BCUT2D eigenvalue weighted by Gasteiger charge is 2.29. The number of aromatic nitrogens is 3. The highest BCUT2D eigenvalue weighted by atomic mass is 19.4. The maximum atomic E-state index is 13.4. The van der Waals surface area contributed by atoms with Crippen molar-refractivity contribution < 1.29 is 17.6 Å². The van der Waals surface area contributed by atoms with E-state index >= 15 is 0 Å². The zero-order valence-corrected chi connectivity index (χ0v) is 12.8. The van der Waals surface area contributed by atoms with Gasteiger partial charge in [-0.05, 0) is 23.8 Å². The minimum Gasteiger partial charge on any atom is -0.331 e. The van der Waals surface area contributed by atoms with E-state index in [0.29, 0.717) is 32.9 Å². The Kier molecular flexibility index (Phi) is 3.45. The van der Waals surface area contributed by atoms with Gasteiger partial charge in [-0.3, -0.25) is 9.97 Å². The number of hydrogen-bond donors (Lipinski definition) is 0. The number of halogens is 4. The first-order chi connectivity index (χ1) is 11.9. The van der Waals surface area contributed by atoms with E-state index in [4.69, 9.17) is 0 Å². The van der Waals surface area contributed by atoms with Gasteiger partial charge in [0.25, 0.3) is 0 Å². The summed E-state index contributed by atoms with van der Waals surface area (Å²) in [7, 11) is 0. The fourth-order valence-electron chi connectivity index (χ4n) is 3.04. The average molecular weight is 345 g/mol. The van der Waals surface area contributed by atoms with Crippen LogP contribution in [0.3, 0.4) is 0 Å². The van der Waals surface area contributed by atoms with Crippen molar-refractivity contribution in [2.45, 2.75) is 12.7 Å². The van der Waals surface area contributed by atoms with Crippen molar-refractivity contribution in [3.05, 3.63) is 60.9 Å². The van der Waals surface area contributed by atoms with Crippen LogP contribution in [-0.2, 0) is 6.54 Å². The Morgan fingerprint density at radius 3 is 2.44 bits per heavy atom. The summed E-state index contributed by atoms with van der Waals surface area (Å²) < 4.78 is 53.8. The summed E-state index contributed by atoms with van der Waals surface area (Å²) in [4.78, 5) is 7.80. The Hall–Kier alpha value is -2.96. The summed E-state index contributed by atoms with van der Waals surface area (Å²) in [6.45, 7) is -1.11. The van der Waals surface area contributed by atoms with Gasteiger partial charge in [0.1, 0.15) is 12.4 Å². The normalized spacial score (nSPS) is 12.2. The average Bonchev–Trinajstić information content (AvgIpc) is 2.87. The lowest BCUT2D eigenvalue weighted by Crippen LogP contribution is -2.17. The van der Waals surface area contributed by atoms with Gasteiger partial charge in [0, 0.05) is 34.9 Å². The summed E-state index contributed by atoms with van der Waals surface area (Å²) in [5, 5.41) is 1.31. The second-order valence-electron chi connectivity index (χ2n) is 5.72. The summed E-state index contributed by atoms with van der Waals surface area (Å²) >= 11 is 0. The van der Waals surface area contributed by atoms with Crippen LogP contribution in [0.4, 0.5) is 17.6 Å². The lowest BCUT2D eigenvalue weighted by Gasteiger charge is -2.11. The molecule has 3 aromatic heterocycles. The highest BCUT2D eigenvalue weighted by Crippen LogP contribution is 2.34. The maximum Gasteiger partial charge on any atom is 0.406 e. The lowest BCUT2D eigenvalue weighted by atomic mass is 10.1. The third-order valence-electron chi connectivity index (χ3n) is 4.04. The van der Waals surface area contributed by atoms with Crippen molar-refractivity contribution in [3.8, 4) is 11.1 Å². The van der Waals surface area contributed by atoms with E-state index in [1.807, 2.05) is 0 Å². The standard InChI is InChI=1S/C18H11F4N3/c19-13-5-12(7-24-8-13)11-1-2-14-15-9-23-4-3-16(15)25(17(14)6-11)10-18(20,21)22/h1-9H,10H2. The van der Waals surface area contributed by atoms with Crippen LogP contribution in [0.1, 0.15) is 0 Å². The van der Waals surface area contributed by atoms with Crippen molar-refractivity contribution in [2.75, 3.05) is 0 Å². The molecule has 4 aromatic rings. The second kappa shape index (κ2) is 5.54. The Balaban J connectivity index is 2.00. The van der Waals surface area contributed by atoms with Crippen LogP contribution in [0.2, 0.25) is 0 Å². The molecular formula is C18H11F4N3. The molecule has 7 heteroatoms. The summed E-state index contributed by atoms with van der Waals surface area (Å²) in [6.07, 6.45) is 1.20. The zero-order chi connectivity index (χ0) is 17.6. The Morgan fingerprint density at radius 2 is 1.68 bits per heavy atom. The van der Waals surface area contributed by atoms with E-state index in [0.717, 1.165) is 6.20 Å². The number of nitrogens with zero attached hydrogens (tertiary/aromatic N) is 3. The topological polar surface area (TPSA) is 30.7 Å². The Labute approximate surface area is 139 Å². The molecule has 0 spiro atoms. The SMILES string of the molecule is Fc1cncc(-c2ccc3c4cnccc4n(CC(F)(F)F)c3c2)c1. The van der Waals surface area contributed by atoms with Crippen LogP contribution in [0.25, 0.3) is 32.9 Å². The summed E-state index contributed by atoms with van der Waals surface area (Å²) in [6, 6.07) is 7.95. The molecule has 0 radical (unpaired) electrons. The molecule has 25 heavy (non-hydrogen) atoms. The fourth-order valence-corrected chi connectivity index (χ4v) is 3.04. The minimum absolute atomic E-state index is 0.419. The largest absolute Gasteiger partial charge is 0.406 e. The molecule has 0 unspecified atom stereocenters. The van der Waals surface area contributed by atoms with Crippen molar-refractivity contribution in [2.24, 2.45) is 0 Å². The van der Waals surface area contributed by atoms with Crippen LogP contribution in [0.15, 0.2) is 55.1 Å². The third-order valence-corrected chi connectivity index (χ3v) is 4.04. The smallest absolute Gasteiger partial charge is 0.331 e. The molecule has 0 aliphatic carbocycles. The van der Waals surface area contributed by atoms with Gasteiger partial charge in [0.2, 0.25) is 0 Å². The lowest BCUT2D eigenvalue weighted by molar-refractivity contribution is -0.139. The van der Waals surface area contributed by atoms with Crippen molar-refractivity contribution in [3.63, 3.8) is 0 Å². The second-order valence-corrected chi connectivity index (χ2v) is 5.72. The molecule has 0 atom stereocenters. The van der Waals surface area contributed by atoms with E-state index in [2.05, 4.69) is 9.97 Å². The first-order valence-corrected chi connectivity index (χ1v) is 7.46. The van der Waals surface area contributed by atoms with Crippen molar-refractivity contribution in [1.82, 2.24) is 14.5 Å². The van der Waals surface area contributed by atoms with Gasteiger partial charge in [0.15, 0.2) is 0 Å². The number of pyridine rings is 2. The fraction of sp³-hybridized carbons (Fsp3) is 0.111. The molecule has 1 aromatic carbocycles. The van der Waals surface area contributed by atoms with Gasteiger partial charge < -0.3 is 4.57 Å². The molecule has 0 fully saturated rings. The van der Waals surface area contributed by atoms with E-state index in [9.17, 15) is 17.6 Å². The number of fused-ring (bicyclic) bond motifs is 3. The first-order valence-electron chi connectivity index (χ1n) is 7.46. The molecule has 3 heterocycles. The monoisotopic (exact) mass is 345 g/mol. The Bertz CT molecular complexity index is 1080. The number of hydrogen-bond acceptors (Lipinski definition) is 2. The molecule has 3 nitrogen and oxygen atoms in total. The quantitative estimate of drug-likeness (QED) is 0.481. The predicted molar refractivity (Wildman–Crippen MR) is 86.5 cm³/mol. The van der Waals surface area contributed by atoms with Gasteiger partial charge in [-0.15, -0.1) is 0 Å². The molecule has 0 bridgehead atoms. The van der Waals surface area contributed by atoms with Gasteiger partial charge in [-0.1, -0.05) is 12.1 Å². The van der Waals surface area contributed by atoms with E-state index in [1.165, 1.54) is 23.0 Å². The molecule has 0 aliphatic rings. The van der Waals surface area contributed by atoms with Crippen LogP contribution in [-0.4, -0.2) is 20.7 Å². The van der Waals surface area contributed by atoms with E-state index < -0.39 is 18.5 Å². The number of rotatable bonds is 2.